The molecule has 78 valence electrons. The highest BCUT2D eigenvalue weighted by molar-refractivity contribution is 5.22. The molecule has 0 amide bonds. The molecule has 2 heteroatoms. The zero-order chi connectivity index (χ0) is 10.8. The van der Waals surface area contributed by atoms with Crippen LogP contribution in [0.1, 0.15) is 31.9 Å². The van der Waals surface area contributed by atoms with E-state index in [1.54, 1.807) is 0 Å². The Labute approximate surface area is 86.5 Å². The monoisotopic (exact) mass is 192 g/mol. The van der Waals surface area contributed by atoms with Crippen molar-refractivity contribution in [3.63, 3.8) is 0 Å². The largest absolute Gasteiger partial charge is 0.327 e. The van der Waals surface area contributed by atoms with E-state index in [9.17, 15) is 0 Å². The van der Waals surface area contributed by atoms with E-state index in [1.807, 2.05) is 12.4 Å². The maximum absolute atomic E-state index is 6.13. The van der Waals surface area contributed by atoms with Gasteiger partial charge in [-0.1, -0.05) is 20.8 Å². The van der Waals surface area contributed by atoms with E-state index >= 15 is 0 Å². The van der Waals surface area contributed by atoms with Gasteiger partial charge < -0.3 is 5.73 Å². The predicted molar refractivity (Wildman–Crippen MR) is 60.1 cm³/mol. The molecule has 1 rings (SSSR count). The van der Waals surface area contributed by atoms with Gasteiger partial charge in [0.25, 0.3) is 0 Å². The molecule has 2 N–H and O–H groups in total. The lowest BCUT2D eigenvalue weighted by molar-refractivity contribution is 0.318. The average Bonchev–Trinajstić information content (AvgIpc) is 2.07. The fraction of sp³-hybridized carbons (Fsp3) is 0.583. The molecule has 0 fully saturated rings. The first kappa shape index (κ1) is 11.2. The van der Waals surface area contributed by atoms with E-state index in [1.165, 1.54) is 11.1 Å². The summed E-state index contributed by atoms with van der Waals surface area (Å²) in [5, 5.41) is 0. The lowest BCUT2D eigenvalue weighted by atomic mass is 9.83. The Bertz CT molecular complexity index is 299. The summed E-state index contributed by atoms with van der Waals surface area (Å²) in [5.74, 6) is 0. The standard InChI is InChI=1S/C12H20N2/c1-9-8-14-6-5-10(9)7-11(13)12(2,3)4/h5-6,8,11H,7,13H2,1-4H3. The van der Waals surface area contributed by atoms with Crippen molar-refractivity contribution in [3.05, 3.63) is 29.6 Å². The highest BCUT2D eigenvalue weighted by Gasteiger charge is 2.21. The smallest absolute Gasteiger partial charge is 0.0299 e. The van der Waals surface area contributed by atoms with Crippen LogP contribution in [0.4, 0.5) is 0 Å². The summed E-state index contributed by atoms with van der Waals surface area (Å²) in [4.78, 5) is 4.07. The van der Waals surface area contributed by atoms with Gasteiger partial charge in [0.05, 0.1) is 0 Å². The summed E-state index contributed by atoms with van der Waals surface area (Å²) in [7, 11) is 0. The molecular formula is C12H20N2. The lowest BCUT2D eigenvalue weighted by Crippen LogP contribution is -2.37. The van der Waals surface area contributed by atoms with Crippen LogP contribution in [0.5, 0.6) is 0 Å². The van der Waals surface area contributed by atoms with Crippen molar-refractivity contribution in [2.45, 2.75) is 40.2 Å². The summed E-state index contributed by atoms with van der Waals surface area (Å²) in [5.41, 5.74) is 8.83. The van der Waals surface area contributed by atoms with Crippen LogP contribution >= 0.6 is 0 Å². The van der Waals surface area contributed by atoms with Gasteiger partial charge >= 0.3 is 0 Å². The second-order valence-electron chi connectivity index (χ2n) is 4.98. The van der Waals surface area contributed by atoms with Gasteiger partial charge in [-0.05, 0) is 36.0 Å². The molecule has 0 aliphatic rings. The number of hydrogen-bond acceptors (Lipinski definition) is 2. The maximum Gasteiger partial charge on any atom is 0.0299 e. The van der Waals surface area contributed by atoms with Crippen molar-refractivity contribution in [1.82, 2.24) is 4.98 Å². The molecule has 1 unspecified atom stereocenters. The van der Waals surface area contributed by atoms with E-state index < -0.39 is 0 Å². The van der Waals surface area contributed by atoms with Crippen molar-refractivity contribution in [2.75, 3.05) is 0 Å². The fourth-order valence-electron chi connectivity index (χ4n) is 1.27. The normalized spacial score (nSPS) is 14.1. The molecule has 0 aliphatic carbocycles. The maximum atomic E-state index is 6.13. The van der Waals surface area contributed by atoms with E-state index in [2.05, 4.69) is 38.7 Å². The zero-order valence-corrected chi connectivity index (χ0v) is 9.54. The average molecular weight is 192 g/mol. The Hall–Kier alpha value is -0.890. The predicted octanol–water partition coefficient (Wildman–Crippen LogP) is 2.31. The SMILES string of the molecule is Cc1cnccc1CC(N)C(C)(C)C. The number of pyridine rings is 1. The van der Waals surface area contributed by atoms with E-state index in [4.69, 9.17) is 5.73 Å². The number of aryl methyl sites for hydroxylation is 1. The number of nitrogens with zero attached hydrogens (tertiary/aromatic N) is 1. The van der Waals surface area contributed by atoms with E-state index in [0.29, 0.717) is 0 Å². The molecule has 0 radical (unpaired) electrons. The molecule has 0 saturated heterocycles. The van der Waals surface area contributed by atoms with Crippen LogP contribution in [0.15, 0.2) is 18.5 Å². The quantitative estimate of drug-likeness (QED) is 0.781. The van der Waals surface area contributed by atoms with Gasteiger partial charge in [-0.2, -0.15) is 0 Å². The minimum atomic E-state index is 0.162. The Kier molecular flexibility index (Phi) is 3.27. The molecule has 14 heavy (non-hydrogen) atoms. The second-order valence-corrected chi connectivity index (χ2v) is 4.98. The first-order valence-electron chi connectivity index (χ1n) is 5.06. The second kappa shape index (κ2) is 4.09. The molecule has 0 aromatic carbocycles. The molecular weight excluding hydrogens is 172 g/mol. The topological polar surface area (TPSA) is 38.9 Å². The minimum Gasteiger partial charge on any atom is -0.327 e. The summed E-state index contributed by atoms with van der Waals surface area (Å²) < 4.78 is 0. The molecule has 0 bridgehead atoms. The molecule has 1 atom stereocenters. The first-order chi connectivity index (χ1) is 6.41. The summed E-state index contributed by atoms with van der Waals surface area (Å²) in [6, 6.07) is 2.25. The van der Waals surface area contributed by atoms with Crippen molar-refractivity contribution >= 4 is 0 Å². The third-order valence-electron chi connectivity index (χ3n) is 2.69. The molecule has 1 heterocycles. The summed E-state index contributed by atoms with van der Waals surface area (Å²) in [6.45, 7) is 8.61. The highest BCUT2D eigenvalue weighted by Crippen LogP contribution is 2.21. The van der Waals surface area contributed by atoms with Gasteiger partial charge in [-0.15, -0.1) is 0 Å². The number of hydrogen-bond donors (Lipinski definition) is 1. The van der Waals surface area contributed by atoms with Crippen LogP contribution in [0, 0.1) is 12.3 Å². The van der Waals surface area contributed by atoms with Gasteiger partial charge in [-0.25, -0.2) is 0 Å². The number of rotatable bonds is 2. The van der Waals surface area contributed by atoms with E-state index in [-0.39, 0.29) is 11.5 Å². The van der Waals surface area contributed by atoms with E-state index in [0.717, 1.165) is 6.42 Å². The molecule has 1 aromatic rings. The van der Waals surface area contributed by atoms with Crippen molar-refractivity contribution in [2.24, 2.45) is 11.1 Å². The van der Waals surface area contributed by atoms with Gasteiger partial charge in [0.1, 0.15) is 0 Å². The third kappa shape index (κ3) is 2.81. The van der Waals surface area contributed by atoms with Crippen molar-refractivity contribution in [3.8, 4) is 0 Å². The van der Waals surface area contributed by atoms with Crippen LogP contribution in [0.2, 0.25) is 0 Å². The van der Waals surface area contributed by atoms with Gasteiger partial charge in [0, 0.05) is 18.4 Å². The van der Waals surface area contributed by atoms with Gasteiger partial charge in [0.15, 0.2) is 0 Å². The third-order valence-corrected chi connectivity index (χ3v) is 2.69. The van der Waals surface area contributed by atoms with Crippen molar-refractivity contribution < 1.29 is 0 Å². The van der Waals surface area contributed by atoms with Crippen molar-refractivity contribution in [1.29, 1.82) is 0 Å². The van der Waals surface area contributed by atoms with Crippen LogP contribution in [-0.4, -0.2) is 11.0 Å². The summed E-state index contributed by atoms with van der Waals surface area (Å²) >= 11 is 0. The Morgan fingerprint density at radius 1 is 1.43 bits per heavy atom. The minimum absolute atomic E-state index is 0.162. The Morgan fingerprint density at radius 3 is 2.57 bits per heavy atom. The lowest BCUT2D eigenvalue weighted by Gasteiger charge is -2.27. The Morgan fingerprint density at radius 2 is 2.07 bits per heavy atom. The van der Waals surface area contributed by atoms with Crippen LogP contribution in [0.25, 0.3) is 0 Å². The molecule has 0 saturated carbocycles. The molecule has 0 aliphatic heterocycles. The molecule has 1 aromatic heterocycles. The number of nitrogens with two attached hydrogens (primary N) is 1. The molecule has 2 nitrogen and oxygen atoms in total. The van der Waals surface area contributed by atoms with Crippen LogP contribution in [0.3, 0.4) is 0 Å². The summed E-state index contributed by atoms with van der Waals surface area (Å²) in [6.07, 6.45) is 4.65. The van der Waals surface area contributed by atoms with Gasteiger partial charge in [0.2, 0.25) is 0 Å². The first-order valence-corrected chi connectivity index (χ1v) is 5.06. The van der Waals surface area contributed by atoms with Crippen LogP contribution < -0.4 is 5.73 Å². The fourth-order valence-corrected chi connectivity index (χ4v) is 1.27. The Balaban J connectivity index is 2.75. The zero-order valence-electron chi connectivity index (χ0n) is 9.54. The van der Waals surface area contributed by atoms with Gasteiger partial charge in [-0.3, -0.25) is 4.98 Å². The van der Waals surface area contributed by atoms with Crippen LogP contribution in [-0.2, 0) is 6.42 Å². The highest BCUT2D eigenvalue weighted by atomic mass is 14.7. The number of aromatic nitrogens is 1. The molecule has 0 spiro atoms.